The van der Waals surface area contributed by atoms with Gasteiger partial charge in [0.15, 0.2) is 0 Å². The zero-order valence-electron chi connectivity index (χ0n) is 15.3. The molecule has 1 saturated carbocycles. The van der Waals surface area contributed by atoms with Gasteiger partial charge in [-0.3, -0.25) is 14.4 Å². The third-order valence-electron chi connectivity index (χ3n) is 5.79. The smallest absolute Gasteiger partial charge is 0.339 e. The first-order valence-corrected chi connectivity index (χ1v) is 9.66. The lowest BCUT2D eigenvalue weighted by molar-refractivity contribution is -0.157. The molecule has 0 aromatic heterocycles. The minimum atomic E-state index is -4.46. The van der Waals surface area contributed by atoms with Crippen LogP contribution in [0.25, 0.3) is 0 Å². The normalized spacial score (nSPS) is 25.2. The van der Waals surface area contributed by atoms with E-state index in [0.717, 1.165) is 25.7 Å². The van der Waals surface area contributed by atoms with Crippen molar-refractivity contribution in [3.8, 4) is 0 Å². The van der Waals surface area contributed by atoms with Crippen LogP contribution in [0, 0.1) is 11.8 Å². The Morgan fingerprint density at radius 3 is 1.93 bits per heavy atom. The topological polar surface area (TPSA) is 60.9 Å². The Morgan fingerprint density at radius 2 is 1.41 bits per heavy atom. The Labute approximate surface area is 156 Å². The highest BCUT2D eigenvalue weighted by molar-refractivity contribution is 5.89. The van der Waals surface area contributed by atoms with Crippen LogP contribution in [0.5, 0.6) is 0 Å². The Balaban J connectivity index is 1.48. The van der Waals surface area contributed by atoms with E-state index in [4.69, 9.17) is 0 Å². The van der Waals surface area contributed by atoms with Crippen molar-refractivity contribution in [3.05, 3.63) is 0 Å². The van der Waals surface area contributed by atoms with E-state index < -0.39 is 24.5 Å². The first kappa shape index (κ1) is 19.9. The van der Waals surface area contributed by atoms with Gasteiger partial charge >= 0.3 is 6.18 Å². The largest absolute Gasteiger partial charge is 0.406 e. The molecule has 3 rings (SSSR count). The molecule has 2 heterocycles. The molecule has 3 fully saturated rings. The van der Waals surface area contributed by atoms with Crippen LogP contribution < -0.4 is 0 Å². The number of piperazine rings is 1. The molecule has 1 unspecified atom stereocenters. The van der Waals surface area contributed by atoms with Gasteiger partial charge in [-0.15, -0.1) is 0 Å². The number of carbonyl (C=O) groups excluding carboxylic acids is 3. The third-order valence-corrected chi connectivity index (χ3v) is 5.79. The number of alkyl halides is 3. The minimum absolute atomic E-state index is 0.0874. The van der Waals surface area contributed by atoms with Crippen molar-refractivity contribution in [2.75, 3.05) is 39.3 Å². The lowest BCUT2D eigenvalue weighted by Crippen LogP contribution is -2.53. The molecular formula is C18H26F3N3O3. The van der Waals surface area contributed by atoms with Gasteiger partial charge in [0, 0.05) is 45.1 Å². The molecule has 2 saturated heterocycles. The number of nitrogens with zero attached hydrogens (tertiary/aromatic N) is 3. The van der Waals surface area contributed by atoms with Crippen molar-refractivity contribution in [3.63, 3.8) is 0 Å². The maximum atomic E-state index is 12.6. The SMILES string of the molecule is O=C1CC(C(=O)N2CCN(C(=O)C3CCCCC3)CC2)CN1CC(F)(F)F. The molecule has 0 N–H and O–H groups in total. The summed E-state index contributed by atoms with van der Waals surface area (Å²) in [4.78, 5) is 41.0. The van der Waals surface area contributed by atoms with Crippen LogP contribution in [0.4, 0.5) is 13.2 Å². The van der Waals surface area contributed by atoms with Crippen molar-refractivity contribution >= 4 is 17.7 Å². The second-order valence-corrected chi connectivity index (χ2v) is 7.78. The van der Waals surface area contributed by atoms with Crippen molar-refractivity contribution in [1.82, 2.24) is 14.7 Å². The van der Waals surface area contributed by atoms with E-state index in [1.54, 1.807) is 9.80 Å². The molecule has 3 amide bonds. The number of hydrogen-bond acceptors (Lipinski definition) is 3. The van der Waals surface area contributed by atoms with E-state index >= 15 is 0 Å². The second kappa shape index (κ2) is 8.06. The van der Waals surface area contributed by atoms with Gasteiger partial charge in [-0.1, -0.05) is 19.3 Å². The Bertz CT molecular complexity index is 582. The molecule has 1 aliphatic carbocycles. The highest BCUT2D eigenvalue weighted by Gasteiger charge is 2.42. The Kier molecular flexibility index (Phi) is 5.95. The predicted octanol–water partition coefficient (Wildman–Crippen LogP) is 1.65. The standard InChI is InChI=1S/C18H26F3N3O3/c19-18(20,21)12-24-11-14(10-15(24)25)17(27)23-8-6-22(7-9-23)16(26)13-4-2-1-3-5-13/h13-14H,1-12H2. The average Bonchev–Trinajstić information content (AvgIpc) is 3.00. The summed E-state index contributed by atoms with van der Waals surface area (Å²) in [7, 11) is 0. The fourth-order valence-corrected chi connectivity index (χ4v) is 4.32. The Morgan fingerprint density at radius 1 is 0.889 bits per heavy atom. The molecule has 0 aromatic carbocycles. The Hall–Kier alpha value is -1.80. The van der Waals surface area contributed by atoms with Crippen molar-refractivity contribution < 1.29 is 27.6 Å². The number of rotatable bonds is 3. The van der Waals surface area contributed by atoms with Gasteiger partial charge in [-0.25, -0.2) is 0 Å². The van der Waals surface area contributed by atoms with Crippen molar-refractivity contribution in [2.24, 2.45) is 11.8 Å². The molecule has 3 aliphatic rings. The van der Waals surface area contributed by atoms with E-state index in [9.17, 15) is 27.6 Å². The summed E-state index contributed by atoms with van der Waals surface area (Å²) in [6, 6.07) is 0. The summed E-state index contributed by atoms with van der Waals surface area (Å²) >= 11 is 0. The summed E-state index contributed by atoms with van der Waals surface area (Å²) in [6.45, 7) is 0.169. The van der Waals surface area contributed by atoms with E-state index in [2.05, 4.69) is 0 Å². The predicted molar refractivity (Wildman–Crippen MR) is 90.5 cm³/mol. The van der Waals surface area contributed by atoms with Crippen molar-refractivity contribution in [1.29, 1.82) is 0 Å². The number of likely N-dealkylation sites (tertiary alicyclic amines) is 1. The van der Waals surface area contributed by atoms with Gasteiger partial charge in [0.25, 0.3) is 0 Å². The van der Waals surface area contributed by atoms with Gasteiger partial charge in [0.05, 0.1) is 5.92 Å². The highest BCUT2D eigenvalue weighted by Crippen LogP contribution is 2.27. The van der Waals surface area contributed by atoms with E-state index in [-0.39, 0.29) is 30.7 Å². The van der Waals surface area contributed by atoms with Crippen LogP contribution in [-0.4, -0.2) is 77.9 Å². The van der Waals surface area contributed by atoms with Crippen LogP contribution >= 0.6 is 0 Å². The number of amides is 3. The molecule has 0 bridgehead atoms. The lowest BCUT2D eigenvalue weighted by Gasteiger charge is -2.38. The first-order chi connectivity index (χ1) is 12.7. The van der Waals surface area contributed by atoms with Gasteiger partial charge in [-0.05, 0) is 12.8 Å². The van der Waals surface area contributed by atoms with Crippen LogP contribution in [0.3, 0.4) is 0 Å². The fraction of sp³-hybridized carbons (Fsp3) is 0.833. The number of carbonyl (C=O) groups is 3. The summed E-state index contributed by atoms with van der Waals surface area (Å²) in [5.41, 5.74) is 0. The molecule has 9 heteroatoms. The van der Waals surface area contributed by atoms with Crippen LogP contribution in [-0.2, 0) is 14.4 Å². The maximum absolute atomic E-state index is 12.6. The summed E-state index contributed by atoms with van der Waals surface area (Å²) in [5.74, 6) is -1.38. The molecule has 0 spiro atoms. The molecule has 6 nitrogen and oxygen atoms in total. The molecular weight excluding hydrogens is 363 g/mol. The van der Waals surface area contributed by atoms with E-state index in [1.807, 2.05) is 0 Å². The number of halogens is 3. The first-order valence-electron chi connectivity index (χ1n) is 9.66. The van der Waals surface area contributed by atoms with Crippen molar-refractivity contribution in [2.45, 2.75) is 44.7 Å². The summed E-state index contributed by atoms with van der Waals surface area (Å²) < 4.78 is 37.5. The molecule has 0 radical (unpaired) electrons. The van der Waals surface area contributed by atoms with Gasteiger partial charge in [0.1, 0.15) is 6.54 Å². The highest BCUT2D eigenvalue weighted by atomic mass is 19.4. The van der Waals surface area contributed by atoms with E-state index in [1.165, 1.54) is 6.42 Å². The second-order valence-electron chi connectivity index (χ2n) is 7.78. The summed E-state index contributed by atoms with van der Waals surface area (Å²) in [5, 5.41) is 0. The van der Waals surface area contributed by atoms with E-state index in [0.29, 0.717) is 31.1 Å². The monoisotopic (exact) mass is 389 g/mol. The molecule has 1 atom stereocenters. The van der Waals surface area contributed by atoms with Gasteiger partial charge in [0.2, 0.25) is 17.7 Å². The van der Waals surface area contributed by atoms with Crippen LogP contribution in [0.1, 0.15) is 38.5 Å². The zero-order chi connectivity index (χ0) is 19.6. The van der Waals surface area contributed by atoms with Gasteiger partial charge in [-0.2, -0.15) is 13.2 Å². The molecule has 152 valence electrons. The third kappa shape index (κ3) is 4.93. The quantitative estimate of drug-likeness (QED) is 0.738. The van der Waals surface area contributed by atoms with Crippen LogP contribution in [0.2, 0.25) is 0 Å². The number of hydrogen-bond donors (Lipinski definition) is 0. The molecule has 2 aliphatic heterocycles. The zero-order valence-corrected chi connectivity index (χ0v) is 15.3. The van der Waals surface area contributed by atoms with Crippen LogP contribution in [0.15, 0.2) is 0 Å². The van der Waals surface area contributed by atoms with Gasteiger partial charge < -0.3 is 14.7 Å². The average molecular weight is 389 g/mol. The molecule has 27 heavy (non-hydrogen) atoms. The summed E-state index contributed by atoms with van der Waals surface area (Å²) in [6.07, 6.45) is 0.568. The fourth-order valence-electron chi connectivity index (χ4n) is 4.32. The minimum Gasteiger partial charge on any atom is -0.339 e. The maximum Gasteiger partial charge on any atom is 0.406 e. The lowest BCUT2D eigenvalue weighted by atomic mass is 9.88. The molecule has 0 aromatic rings.